The first kappa shape index (κ1) is 22.1. The van der Waals surface area contributed by atoms with Gasteiger partial charge in [-0.3, -0.25) is 14.3 Å². The summed E-state index contributed by atoms with van der Waals surface area (Å²) in [6, 6.07) is 10.3. The van der Waals surface area contributed by atoms with Crippen molar-refractivity contribution >= 4 is 21.7 Å². The van der Waals surface area contributed by atoms with Crippen molar-refractivity contribution in [2.45, 2.75) is 45.2 Å². The normalized spacial score (nSPS) is 16.9. The number of likely N-dealkylation sites (tertiary alicyclic amines) is 1. The van der Waals surface area contributed by atoms with Crippen LogP contribution in [0.15, 0.2) is 40.6 Å². The van der Waals surface area contributed by atoms with Gasteiger partial charge in [-0.15, -0.1) is 11.3 Å². The van der Waals surface area contributed by atoms with Gasteiger partial charge in [-0.2, -0.15) is 0 Å². The van der Waals surface area contributed by atoms with E-state index in [1.165, 1.54) is 30.6 Å². The molecule has 3 aromatic rings. The maximum atomic E-state index is 13.4. The van der Waals surface area contributed by atoms with Crippen molar-refractivity contribution in [3.8, 4) is 0 Å². The molecule has 3 heterocycles. The van der Waals surface area contributed by atoms with Crippen LogP contribution in [-0.4, -0.2) is 58.1 Å². The van der Waals surface area contributed by atoms with Crippen LogP contribution >= 0.6 is 11.3 Å². The first-order chi connectivity index (χ1) is 15.1. The van der Waals surface area contributed by atoms with E-state index in [-0.39, 0.29) is 11.6 Å². The third-order valence-corrected chi connectivity index (χ3v) is 7.15. The van der Waals surface area contributed by atoms with E-state index in [4.69, 9.17) is 4.98 Å². The highest BCUT2D eigenvalue weighted by Gasteiger charge is 2.29. The molecular weight excluding hydrogens is 406 g/mol. The van der Waals surface area contributed by atoms with Gasteiger partial charge < -0.3 is 4.90 Å². The molecule has 1 atom stereocenters. The molecule has 0 aliphatic carbocycles. The van der Waals surface area contributed by atoms with Crippen molar-refractivity contribution in [1.82, 2.24) is 24.3 Å². The smallest absolute Gasteiger partial charge is 0.281 e. The van der Waals surface area contributed by atoms with Crippen LogP contribution in [0, 0.1) is 5.92 Å². The average Bonchev–Trinajstić information content (AvgIpc) is 3.26. The van der Waals surface area contributed by atoms with Gasteiger partial charge in [0.05, 0.1) is 18.1 Å². The summed E-state index contributed by atoms with van der Waals surface area (Å²) in [4.78, 5) is 28.2. The van der Waals surface area contributed by atoms with Crippen LogP contribution in [0.3, 0.4) is 0 Å². The van der Waals surface area contributed by atoms with Crippen LogP contribution in [-0.2, 0) is 6.54 Å². The van der Waals surface area contributed by atoms with Gasteiger partial charge in [-0.05, 0) is 70.9 Å². The maximum absolute atomic E-state index is 13.4. The second kappa shape index (κ2) is 10.0. The Bertz CT molecular complexity index is 1040. The number of fused-ring (bicyclic) bond motifs is 1. The van der Waals surface area contributed by atoms with Crippen LogP contribution in [0.4, 0.5) is 0 Å². The molecule has 1 aliphatic heterocycles. The summed E-state index contributed by atoms with van der Waals surface area (Å²) in [6.07, 6.45) is 4.64. The van der Waals surface area contributed by atoms with Gasteiger partial charge in [0.1, 0.15) is 5.82 Å². The number of nitrogens with zero attached hydrogens (tertiary/aromatic N) is 5. The number of thiazole rings is 1. The number of benzene rings is 1. The van der Waals surface area contributed by atoms with Gasteiger partial charge >= 0.3 is 0 Å². The Morgan fingerprint density at radius 3 is 2.61 bits per heavy atom. The third-order valence-electron chi connectivity index (χ3n) is 6.43. The Morgan fingerprint density at radius 2 is 1.94 bits per heavy atom. The predicted molar refractivity (Wildman–Crippen MR) is 128 cm³/mol. The van der Waals surface area contributed by atoms with E-state index in [9.17, 15) is 4.79 Å². The van der Waals surface area contributed by atoms with Crippen LogP contribution in [0.2, 0.25) is 0 Å². The molecule has 166 valence electrons. The topological polar surface area (TPSA) is 54.3 Å². The molecule has 1 unspecified atom stereocenters. The lowest BCUT2D eigenvalue weighted by molar-refractivity contribution is 0.115. The average molecular weight is 440 g/mol. The van der Waals surface area contributed by atoms with Gasteiger partial charge in [-0.25, -0.2) is 9.97 Å². The van der Waals surface area contributed by atoms with Crippen molar-refractivity contribution in [2.24, 2.45) is 5.92 Å². The minimum absolute atomic E-state index is 0.0237. The number of hydrogen-bond donors (Lipinski definition) is 0. The Balaban J connectivity index is 1.62. The minimum Gasteiger partial charge on any atom is -0.309 e. The molecule has 6 nitrogen and oxygen atoms in total. The molecule has 0 spiro atoms. The van der Waals surface area contributed by atoms with E-state index in [2.05, 4.69) is 47.9 Å². The molecular formula is C24H33N5OS. The highest BCUT2D eigenvalue weighted by Crippen LogP contribution is 2.30. The quantitative estimate of drug-likeness (QED) is 0.531. The number of aromatic nitrogens is 3. The van der Waals surface area contributed by atoms with E-state index in [0.717, 1.165) is 48.2 Å². The molecule has 1 aromatic carbocycles. The van der Waals surface area contributed by atoms with Crippen molar-refractivity contribution in [3.05, 3.63) is 57.6 Å². The predicted octanol–water partition coefficient (Wildman–Crippen LogP) is 4.02. The molecule has 0 radical (unpaired) electrons. The first-order valence-corrected chi connectivity index (χ1v) is 12.2. The van der Waals surface area contributed by atoms with E-state index in [0.29, 0.717) is 12.1 Å². The maximum Gasteiger partial charge on any atom is 0.281 e. The largest absolute Gasteiger partial charge is 0.309 e. The Kier molecular flexibility index (Phi) is 7.15. The Labute approximate surface area is 188 Å². The molecule has 0 N–H and O–H groups in total. The number of hydrogen-bond acceptors (Lipinski definition) is 6. The van der Waals surface area contributed by atoms with E-state index in [1.54, 1.807) is 5.51 Å². The van der Waals surface area contributed by atoms with Gasteiger partial charge in [-0.1, -0.05) is 37.3 Å². The third kappa shape index (κ3) is 5.05. The zero-order valence-corrected chi connectivity index (χ0v) is 19.6. The van der Waals surface area contributed by atoms with E-state index < -0.39 is 0 Å². The van der Waals surface area contributed by atoms with Crippen molar-refractivity contribution < 1.29 is 0 Å². The van der Waals surface area contributed by atoms with Crippen LogP contribution in [0.1, 0.15) is 50.0 Å². The van der Waals surface area contributed by atoms with Crippen molar-refractivity contribution in [3.63, 3.8) is 0 Å². The van der Waals surface area contributed by atoms with Crippen molar-refractivity contribution in [2.75, 3.05) is 33.7 Å². The molecule has 0 bridgehead atoms. The lowest BCUT2D eigenvalue weighted by Crippen LogP contribution is -2.40. The fourth-order valence-electron chi connectivity index (χ4n) is 4.63. The fourth-order valence-corrected chi connectivity index (χ4v) is 5.29. The standard InChI is InChI=1S/C24H33N5OS/c1-4-20(28-14-11-18(12-15-28)10-13-27(2)3)22-26-23-21(25-17-31-23)24(30)29(22)16-19-8-6-5-7-9-19/h5-9,17-18,20H,4,10-16H2,1-3H3. The summed E-state index contributed by atoms with van der Waals surface area (Å²) in [6.45, 7) is 6.03. The molecule has 1 saturated heterocycles. The number of rotatable bonds is 8. The zero-order chi connectivity index (χ0) is 21.8. The van der Waals surface area contributed by atoms with Crippen LogP contribution in [0.5, 0.6) is 0 Å². The monoisotopic (exact) mass is 439 g/mol. The number of piperidine rings is 1. The summed E-state index contributed by atoms with van der Waals surface area (Å²) in [5.74, 6) is 1.68. The minimum atomic E-state index is -0.0237. The molecule has 1 aliphatic rings. The second-order valence-electron chi connectivity index (χ2n) is 8.85. The SMILES string of the molecule is CCC(c1nc2scnc2c(=O)n1Cc1ccccc1)N1CCC(CCN(C)C)CC1. The first-order valence-electron chi connectivity index (χ1n) is 11.3. The van der Waals surface area contributed by atoms with Crippen molar-refractivity contribution in [1.29, 1.82) is 0 Å². The molecule has 7 heteroatoms. The molecule has 31 heavy (non-hydrogen) atoms. The summed E-state index contributed by atoms with van der Waals surface area (Å²) in [5.41, 5.74) is 3.30. The summed E-state index contributed by atoms with van der Waals surface area (Å²) >= 11 is 1.46. The Hall–Kier alpha value is -2.09. The molecule has 2 aromatic heterocycles. The summed E-state index contributed by atoms with van der Waals surface area (Å²) in [7, 11) is 4.30. The lowest BCUT2D eigenvalue weighted by atomic mass is 9.92. The fraction of sp³-hybridized carbons (Fsp3) is 0.542. The molecule has 4 rings (SSSR count). The summed E-state index contributed by atoms with van der Waals surface area (Å²) in [5, 5.41) is 0. The van der Waals surface area contributed by atoms with Gasteiger partial charge in [0, 0.05) is 0 Å². The highest BCUT2D eigenvalue weighted by atomic mass is 32.1. The summed E-state index contributed by atoms with van der Waals surface area (Å²) < 4.78 is 1.86. The molecule has 0 amide bonds. The zero-order valence-electron chi connectivity index (χ0n) is 18.8. The lowest BCUT2D eigenvalue weighted by Gasteiger charge is -2.37. The van der Waals surface area contributed by atoms with Gasteiger partial charge in [0.15, 0.2) is 10.3 Å². The molecule has 1 fully saturated rings. The molecule has 0 saturated carbocycles. The van der Waals surface area contributed by atoms with Gasteiger partial charge in [0.25, 0.3) is 5.56 Å². The van der Waals surface area contributed by atoms with Crippen LogP contribution in [0.25, 0.3) is 10.3 Å². The van der Waals surface area contributed by atoms with E-state index >= 15 is 0 Å². The Morgan fingerprint density at radius 1 is 1.19 bits per heavy atom. The van der Waals surface area contributed by atoms with Crippen LogP contribution < -0.4 is 5.56 Å². The highest BCUT2D eigenvalue weighted by molar-refractivity contribution is 7.16. The van der Waals surface area contributed by atoms with Gasteiger partial charge in [0.2, 0.25) is 0 Å². The second-order valence-corrected chi connectivity index (χ2v) is 9.68. The van der Waals surface area contributed by atoms with E-state index in [1.807, 2.05) is 22.8 Å².